The van der Waals surface area contributed by atoms with E-state index in [1.54, 1.807) is 18.3 Å². The molecule has 3 rings (SSSR count). The van der Waals surface area contributed by atoms with Crippen LogP contribution in [0.3, 0.4) is 0 Å². The van der Waals surface area contributed by atoms with Crippen LogP contribution in [-0.4, -0.2) is 0 Å². The fourth-order valence-corrected chi connectivity index (χ4v) is 2.54. The Kier molecular flexibility index (Phi) is 4.87. The molecule has 0 aromatic heterocycles. The number of para-hydroxylation sites is 1. The van der Waals surface area contributed by atoms with Crippen LogP contribution in [0.25, 0.3) is 17.2 Å². The first-order valence-electron chi connectivity index (χ1n) is 7.77. The van der Waals surface area contributed by atoms with Gasteiger partial charge >= 0.3 is 0 Å². The number of halogens is 1. The van der Waals surface area contributed by atoms with E-state index in [0.29, 0.717) is 0 Å². The highest BCUT2D eigenvalue weighted by molar-refractivity contribution is 5.80. The molecular formula is C22H18FN. The predicted molar refractivity (Wildman–Crippen MR) is 100.0 cm³/mol. The van der Waals surface area contributed by atoms with Gasteiger partial charge in [0, 0.05) is 18.0 Å². The highest BCUT2D eigenvalue weighted by Crippen LogP contribution is 2.31. The lowest BCUT2D eigenvalue weighted by molar-refractivity contribution is 0.628. The van der Waals surface area contributed by atoms with Gasteiger partial charge in [0.25, 0.3) is 0 Å². The molecule has 2 heteroatoms. The number of hydrogen-bond donors (Lipinski definition) is 0. The molecule has 0 spiro atoms. The van der Waals surface area contributed by atoms with Gasteiger partial charge in [-0.2, -0.15) is 0 Å². The van der Waals surface area contributed by atoms with E-state index in [0.717, 1.165) is 22.4 Å². The third kappa shape index (κ3) is 3.61. The van der Waals surface area contributed by atoms with Gasteiger partial charge in [-0.3, -0.25) is 0 Å². The Balaban J connectivity index is 1.96. The first-order chi connectivity index (χ1) is 11.8. The van der Waals surface area contributed by atoms with Crippen molar-refractivity contribution in [1.29, 1.82) is 0 Å². The Morgan fingerprint density at radius 3 is 2.17 bits per heavy atom. The van der Waals surface area contributed by atoms with Crippen LogP contribution in [0.1, 0.15) is 5.56 Å². The third-order valence-corrected chi connectivity index (χ3v) is 3.76. The van der Waals surface area contributed by atoms with Crippen molar-refractivity contribution < 1.29 is 4.39 Å². The van der Waals surface area contributed by atoms with E-state index in [-0.39, 0.29) is 5.82 Å². The molecule has 0 N–H and O–H groups in total. The summed E-state index contributed by atoms with van der Waals surface area (Å²) in [4.78, 5) is 1.96. The molecule has 0 amide bonds. The van der Waals surface area contributed by atoms with Gasteiger partial charge in [-0.15, -0.1) is 0 Å². The Hall–Kier alpha value is -3.13. The minimum Gasteiger partial charge on any atom is -0.324 e. The van der Waals surface area contributed by atoms with E-state index < -0.39 is 0 Å². The van der Waals surface area contributed by atoms with Gasteiger partial charge in [-0.1, -0.05) is 67.2 Å². The standard InChI is InChI=1S/C22H18FN/c1-2-24(17-16-18-8-4-3-5-9-18)22-11-7-6-10-21(22)19-12-14-20(23)15-13-19/h2-17H,1H2. The molecule has 1 nitrogen and oxygen atoms in total. The smallest absolute Gasteiger partial charge is 0.123 e. The number of anilines is 1. The predicted octanol–water partition coefficient (Wildman–Crippen LogP) is 6.11. The molecule has 0 saturated heterocycles. The Morgan fingerprint density at radius 2 is 1.46 bits per heavy atom. The number of rotatable bonds is 5. The van der Waals surface area contributed by atoms with Gasteiger partial charge < -0.3 is 4.90 Å². The summed E-state index contributed by atoms with van der Waals surface area (Å²) < 4.78 is 13.2. The molecule has 0 unspecified atom stereocenters. The average Bonchev–Trinajstić information content (AvgIpc) is 2.64. The molecule has 0 atom stereocenters. The fraction of sp³-hybridized carbons (Fsp3) is 0. The maximum absolute atomic E-state index is 13.2. The molecule has 3 aromatic rings. The maximum Gasteiger partial charge on any atom is 0.123 e. The summed E-state index contributed by atoms with van der Waals surface area (Å²) in [5, 5.41) is 0. The van der Waals surface area contributed by atoms with Crippen LogP contribution in [-0.2, 0) is 0 Å². The van der Waals surface area contributed by atoms with Crippen LogP contribution < -0.4 is 4.90 Å². The van der Waals surface area contributed by atoms with Crippen LogP contribution in [0.4, 0.5) is 10.1 Å². The van der Waals surface area contributed by atoms with Crippen LogP contribution in [0.15, 0.2) is 97.8 Å². The van der Waals surface area contributed by atoms with E-state index in [1.807, 2.05) is 71.8 Å². The minimum absolute atomic E-state index is 0.235. The van der Waals surface area contributed by atoms with Crippen molar-refractivity contribution in [1.82, 2.24) is 0 Å². The first-order valence-corrected chi connectivity index (χ1v) is 7.77. The molecule has 0 radical (unpaired) electrons. The topological polar surface area (TPSA) is 3.24 Å². The molecule has 24 heavy (non-hydrogen) atoms. The zero-order valence-electron chi connectivity index (χ0n) is 13.3. The highest BCUT2D eigenvalue weighted by Gasteiger charge is 2.08. The van der Waals surface area contributed by atoms with Crippen molar-refractivity contribution in [3.63, 3.8) is 0 Å². The molecule has 0 fully saturated rings. The van der Waals surface area contributed by atoms with Crippen LogP contribution in [0.5, 0.6) is 0 Å². The lowest BCUT2D eigenvalue weighted by atomic mass is 10.0. The molecule has 0 aliphatic carbocycles. The summed E-state index contributed by atoms with van der Waals surface area (Å²) in [6.45, 7) is 3.91. The van der Waals surface area contributed by atoms with Crippen molar-refractivity contribution in [3.8, 4) is 11.1 Å². The summed E-state index contributed by atoms with van der Waals surface area (Å²) >= 11 is 0. The quantitative estimate of drug-likeness (QED) is 0.549. The molecular weight excluding hydrogens is 297 g/mol. The maximum atomic E-state index is 13.2. The first kappa shape index (κ1) is 15.8. The second-order valence-electron chi connectivity index (χ2n) is 5.34. The molecule has 118 valence electrons. The molecule has 0 aliphatic rings. The number of hydrogen-bond acceptors (Lipinski definition) is 1. The Labute approximate surface area is 142 Å². The van der Waals surface area contributed by atoms with Crippen LogP contribution in [0.2, 0.25) is 0 Å². The molecule has 0 bridgehead atoms. The van der Waals surface area contributed by atoms with Gasteiger partial charge in [0.1, 0.15) is 5.82 Å². The van der Waals surface area contributed by atoms with Crippen molar-refractivity contribution in [2.75, 3.05) is 4.90 Å². The van der Waals surface area contributed by atoms with E-state index in [1.165, 1.54) is 12.1 Å². The SMILES string of the molecule is C=CN(C=Cc1ccccc1)c1ccccc1-c1ccc(F)cc1. The molecule has 0 aliphatic heterocycles. The van der Waals surface area contributed by atoms with Gasteiger partial charge in [-0.05, 0) is 35.4 Å². The second kappa shape index (κ2) is 7.42. The monoisotopic (exact) mass is 315 g/mol. The average molecular weight is 315 g/mol. The normalized spacial score (nSPS) is 10.7. The van der Waals surface area contributed by atoms with Crippen molar-refractivity contribution in [3.05, 3.63) is 109 Å². The van der Waals surface area contributed by atoms with E-state index >= 15 is 0 Å². The number of nitrogens with zero attached hydrogens (tertiary/aromatic N) is 1. The Bertz CT molecular complexity index is 835. The van der Waals surface area contributed by atoms with Crippen molar-refractivity contribution >= 4 is 11.8 Å². The zero-order chi connectivity index (χ0) is 16.8. The highest BCUT2D eigenvalue weighted by atomic mass is 19.1. The van der Waals surface area contributed by atoms with Gasteiger partial charge in [0.05, 0.1) is 5.69 Å². The van der Waals surface area contributed by atoms with Gasteiger partial charge in [0.15, 0.2) is 0 Å². The van der Waals surface area contributed by atoms with Crippen LogP contribution >= 0.6 is 0 Å². The molecule has 3 aromatic carbocycles. The third-order valence-electron chi connectivity index (χ3n) is 3.76. The van der Waals surface area contributed by atoms with Gasteiger partial charge in [-0.25, -0.2) is 4.39 Å². The lowest BCUT2D eigenvalue weighted by Gasteiger charge is -2.19. The summed E-state index contributed by atoms with van der Waals surface area (Å²) in [5.41, 5.74) is 4.09. The summed E-state index contributed by atoms with van der Waals surface area (Å²) in [5.74, 6) is -0.235. The molecule has 0 saturated carbocycles. The molecule has 0 heterocycles. The van der Waals surface area contributed by atoms with Crippen LogP contribution in [0, 0.1) is 5.82 Å². The lowest BCUT2D eigenvalue weighted by Crippen LogP contribution is -2.07. The number of benzene rings is 3. The van der Waals surface area contributed by atoms with Gasteiger partial charge in [0.2, 0.25) is 0 Å². The summed E-state index contributed by atoms with van der Waals surface area (Å²) in [7, 11) is 0. The fourth-order valence-electron chi connectivity index (χ4n) is 2.54. The summed E-state index contributed by atoms with van der Waals surface area (Å²) in [6, 6.07) is 24.6. The summed E-state index contributed by atoms with van der Waals surface area (Å²) in [6.07, 6.45) is 5.77. The largest absolute Gasteiger partial charge is 0.324 e. The second-order valence-corrected chi connectivity index (χ2v) is 5.34. The zero-order valence-corrected chi connectivity index (χ0v) is 13.3. The van der Waals surface area contributed by atoms with Crippen molar-refractivity contribution in [2.45, 2.75) is 0 Å². The minimum atomic E-state index is -0.235. The van der Waals surface area contributed by atoms with E-state index in [4.69, 9.17) is 0 Å². The van der Waals surface area contributed by atoms with Crippen molar-refractivity contribution in [2.24, 2.45) is 0 Å². The van der Waals surface area contributed by atoms with E-state index in [2.05, 4.69) is 6.58 Å². The Morgan fingerprint density at radius 1 is 0.792 bits per heavy atom. The van der Waals surface area contributed by atoms with E-state index in [9.17, 15) is 4.39 Å².